The highest BCUT2D eigenvalue weighted by molar-refractivity contribution is 7.18. The molecule has 144 valence electrons. The summed E-state index contributed by atoms with van der Waals surface area (Å²) in [5.41, 5.74) is 0.864. The Kier molecular flexibility index (Phi) is 5.30. The van der Waals surface area contributed by atoms with Crippen molar-refractivity contribution >= 4 is 38.9 Å². The Hall–Kier alpha value is -2.86. The van der Waals surface area contributed by atoms with Crippen LogP contribution in [-0.4, -0.2) is 25.0 Å². The molecule has 1 saturated carbocycles. The Balaban J connectivity index is 1.31. The van der Waals surface area contributed by atoms with Gasteiger partial charge in [-0.25, -0.2) is 0 Å². The number of nitrogens with one attached hydrogen (secondary N) is 2. The Morgan fingerprint density at radius 2 is 1.93 bits per heavy atom. The van der Waals surface area contributed by atoms with Gasteiger partial charge in [-0.1, -0.05) is 36.4 Å². The molecule has 4 rings (SSSR count). The van der Waals surface area contributed by atoms with Crippen LogP contribution in [0.4, 0.5) is 5.00 Å². The molecular formula is C22H22N2O3S. The third kappa shape index (κ3) is 4.17. The zero-order valence-corrected chi connectivity index (χ0v) is 16.5. The van der Waals surface area contributed by atoms with Crippen LogP contribution >= 0.6 is 11.3 Å². The third-order valence-corrected chi connectivity index (χ3v) is 5.86. The molecule has 0 unspecified atom stereocenters. The Labute approximate surface area is 167 Å². The first-order chi connectivity index (χ1) is 13.6. The first-order valence-electron chi connectivity index (χ1n) is 9.42. The van der Waals surface area contributed by atoms with Gasteiger partial charge in [0, 0.05) is 11.3 Å². The minimum Gasteiger partial charge on any atom is -0.491 e. The van der Waals surface area contributed by atoms with Gasteiger partial charge >= 0.3 is 0 Å². The molecule has 5 nitrogen and oxygen atoms in total. The molecule has 1 aliphatic carbocycles. The summed E-state index contributed by atoms with van der Waals surface area (Å²) in [4.78, 5) is 25.0. The predicted molar refractivity (Wildman–Crippen MR) is 112 cm³/mol. The molecule has 0 bridgehead atoms. The molecule has 1 aromatic heterocycles. The first-order valence-corrected chi connectivity index (χ1v) is 10.2. The molecule has 1 aliphatic rings. The van der Waals surface area contributed by atoms with Crippen molar-refractivity contribution in [3.63, 3.8) is 0 Å². The van der Waals surface area contributed by atoms with Crippen molar-refractivity contribution < 1.29 is 14.3 Å². The quantitative estimate of drug-likeness (QED) is 0.585. The van der Waals surface area contributed by atoms with E-state index in [1.807, 2.05) is 55.5 Å². The average molecular weight is 394 g/mol. The molecule has 0 saturated heterocycles. The van der Waals surface area contributed by atoms with E-state index in [4.69, 9.17) is 4.74 Å². The summed E-state index contributed by atoms with van der Waals surface area (Å²) in [6.45, 7) is 2.67. The van der Waals surface area contributed by atoms with E-state index in [0.29, 0.717) is 18.0 Å². The van der Waals surface area contributed by atoms with E-state index in [9.17, 15) is 9.59 Å². The lowest BCUT2D eigenvalue weighted by atomic mass is 10.1. The SMILES string of the molecule is Cc1cc(NC(=O)C2CC2)sc1C(=O)NCCOc1cccc2ccccc12. The van der Waals surface area contributed by atoms with Crippen LogP contribution in [-0.2, 0) is 4.79 Å². The molecule has 1 fully saturated rings. The fourth-order valence-corrected chi connectivity index (χ4v) is 4.06. The fraction of sp³-hybridized carbons (Fsp3) is 0.273. The van der Waals surface area contributed by atoms with Crippen LogP contribution in [0.15, 0.2) is 48.5 Å². The van der Waals surface area contributed by atoms with Gasteiger partial charge in [0.1, 0.15) is 12.4 Å². The smallest absolute Gasteiger partial charge is 0.261 e. The van der Waals surface area contributed by atoms with Crippen LogP contribution in [0, 0.1) is 12.8 Å². The molecule has 0 spiro atoms. The van der Waals surface area contributed by atoms with Gasteiger partial charge in [0.2, 0.25) is 5.91 Å². The Bertz CT molecular complexity index is 1020. The van der Waals surface area contributed by atoms with Gasteiger partial charge in [0.15, 0.2) is 0 Å². The second-order valence-electron chi connectivity index (χ2n) is 6.97. The number of hydrogen-bond donors (Lipinski definition) is 2. The van der Waals surface area contributed by atoms with Gasteiger partial charge in [0.05, 0.1) is 16.4 Å². The van der Waals surface area contributed by atoms with E-state index >= 15 is 0 Å². The zero-order chi connectivity index (χ0) is 19.5. The maximum Gasteiger partial charge on any atom is 0.261 e. The number of fused-ring (bicyclic) bond motifs is 1. The lowest BCUT2D eigenvalue weighted by Gasteiger charge is -2.10. The molecule has 0 aliphatic heterocycles. The van der Waals surface area contributed by atoms with E-state index < -0.39 is 0 Å². The van der Waals surface area contributed by atoms with Crippen LogP contribution in [0.5, 0.6) is 5.75 Å². The largest absolute Gasteiger partial charge is 0.491 e. The van der Waals surface area contributed by atoms with Crippen molar-refractivity contribution in [1.29, 1.82) is 0 Å². The van der Waals surface area contributed by atoms with Gasteiger partial charge in [-0.2, -0.15) is 0 Å². The van der Waals surface area contributed by atoms with Crippen LogP contribution in [0.1, 0.15) is 28.1 Å². The Morgan fingerprint density at radius 3 is 2.75 bits per heavy atom. The second-order valence-corrected chi connectivity index (χ2v) is 8.02. The number of carbonyl (C=O) groups is 2. The monoisotopic (exact) mass is 394 g/mol. The van der Waals surface area contributed by atoms with E-state index in [1.54, 1.807) is 0 Å². The standard InChI is InChI=1S/C22H22N2O3S/c1-14-13-19(24-21(25)16-9-10-16)28-20(14)22(26)23-11-12-27-18-8-4-6-15-5-2-3-7-17(15)18/h2-8,13,16H,9-12H2,1H3,(H,23,26)(H,24,25). The van der Waals surface area contributed by atoms with E-state index in [1.165, 1.54) is 11.3 Å². The first kappa shape index (κ1) is 18.5. The molecule has 2 aromatic carbocycles. The lowest BCUT2D eigenvalue weighted by Crippen LogP contribution is -2.27. The fourth-order valence-electron chi connectivity index (χ4n) is 3.07. The summed E-state index contributed by atoms with van der Waals surface area (Å²) in [6.07, 6.45) is 1.92. The summed E-state index contributed by atoms with van der Waals surface area (Å²) in [6, 6.07) is 15.8. The zero-order valence-electron chi connectivity index (χ0n) is 15.7. The van der Waals surface area contributed by atoms with Crippen molar-refractivity contribution in [2.45, 2.75) is 19.8 Å². The van der Waals surface area contributed by atoms with Crippen LogP contribution in [0.2, 0.25) is 0 Å². The third-order valence-electron chi connectivity index (χ3n) is 4.71. The van der Waals surface area contributed by atoms with Gasteiger partial charge in [-0.3, -0.25) is 9.59 Å². The van der Waals surface area contributed by atoms with Crippen LogP contribution in [0.3, 0.4) is 0 Å². The highest BCUT2D eigenvalue weighted by atomic mass is 32.1. The number of anilines is 1. The number of hydrogen-bond acceptors (Lipinski definition) is 4. The average Bonchev–Trinajstić information content (AvgIpc) is 3.49. The second kappa shape index (κ2) is 8.02. The maximum absolute atomic E-state index is 12.5. The minimum absolute atomic E-state index is 0.0525. The van der Waals surface area contributed by atoms with Gasteiger partial charge in [-0.05, 0) is 42.8 Å². The van der Waals surface area contributed by atoms with E-state index in [0.717, 1.165) is 39.9 Å². The van der Waals surface area contributed by atoms with Crippen LogP contribution in [0.25, 0.3) is 10.8 Å². The van der Waals surface area contributed by atoms with E-state index in [2.05, 4.69) is 10.6 Å². The summed E-state index contributed by atoms with van der Waals surface area (Å²) < 4.78 is 5.86. The number of rotatable bonds is 7. The van der Waals surface area contributed by atoms with Crippen LogP contribution < -0.4 is 15.4 Å². The topological polar surface area (TPSA) is 67.4 Å². The van der Waals surface area contributed by atoms with Gasteiger partial charge in [0.25, 0.3) is 5.91 Å². The highest BCUT2D eigenvalue weighted by Gasteiger charge is 2.30. The summed E-state index contributed by atoms with van der Waals surface area (Å²) in [5.74, 6) is 0.864. The molecule has 28 heavy (non-hydrogen) atoms. The lowest BCUT2D eigenvalue weighted by molar-refractivity contribution is -0.117. The molecule has 3 aromatic rings. The van der Waals surface area contributed by atoms with Crippen molar-refractivity contribution in [3.8, 4) is 5.75 Å². The molecule has 0 atom stereocenters. The number of thiophene rings is 1. The maximum atomic E-state index is 12.5. The van der Waals surface area contributed by atoms with Crippen molar-refractivity contribution in [2.24, 2.45) is 5.92 Å². The Morgan fingerprint density at radius 1 is 1.14 bits per heavy atom. The van der Waals surface area contributed by atoms with Crippen molar-refractivity contribution in [1.82, 2.24) is 5.32 Å². The molecule has 2 N–H and O–H groups in total. The number of carbonyl (C=O) groups excluding carboxylic acids is 2. The molecule has 0 radical (unpaired) electrons. The summed E-state index contributed by atoms with van der Waals surface area (Å²) in [5, 5.41) is 8.70. The highest BCUT2D eigenvalue weighted by Crippen LogP contribution is 2.32. The molecule has 6 heteroatoms. The minimum atomic E-state index is -0.143. The molecule has 1 heterocycles. The predicted octanol–water partition coefficient (Wildman–Crippen LogP) is 4.37. The van der Waals surface area contributed by atoms with Crippen molar-refractivity contribution in [2.75, 3.05) is 18.5 Å². The van der Waals surface area contributed by atoms with Gasteiger partial charge < -0.3 is 15.4 Å². The summed E-state index contributed by atoms with van der Waals surface area (Å²) in [7, 11) is 0. The van der Waals surface area contributed by atoms with Gasteiger partial charge in [-0.15, -0.1) is 11.3 Å². The van der Waals surface area contributed by atoms with Crippen molar-refractivity contribution in [3.05, 3.63) is 59.0 Å². The number of aryl methyl sites for hydroxylation is 1. The molecule has 2 amide bonds. The molecular weight excluding hydrogens is 372 g/mol. The van der Waals surface area contributed by atoms with E-state index in [-0.39, 0.29) is 17.7 Å². The number of amides is 2. The summed E-state index contributed by atoms with van der Waals surface area (Å²) >= 11 is 1.31. The number of benzene rings is 2. The number of ether oxygens (including phenoxy) is 1. The normalized spacial score (nSPS) is 13.3.